The quantitative estimate of drug-likeness (QED) is 0.485. The summed E-state index contributed by atoms with van der Waals surface area (Å²) in [5.41, 5.74) is 0.940. The van der Waals surface area contributed by atoms with E-state index in [-0.39, 0.29) is 5.25 Å². The number of unbranched alkanes of at least 4 members (excludes halogenated alkanes) is 5. The summed E-state index contributed by atoms with van der Waals surface area (Å²) in [5.74, 6) is 1.83. The van der Waals surface area contributed by atoms with Gasteiger partial charge in [-0.05, 0) is 40.0 Å². The molecule has 0 amide bonds. The van der Waals surface area contributed by atoms with Crippen molar-refractivity contribution in [2.45, 2.75) is 84.3 Å². The lowest BCUT2D eigenvalue weighted by Crippen LogP contribution is -2.17. The molecule has 0 unspecified atom stereocenters. The minimum absolute atomic E-state index is 0.264. The predicted octanol–water partition coefficient (Wildman–Crippen LogP) is 4.28. The third kappa shape index (κ3) is 9.19. The monoisotopic (exact) mass is 370 g/mol. The zero-order valence-corrected chi connectivity index (χ0v) is 17.1. The first-order chi connectivity index (χ1) is 11.8. The zero-order valence-electron chi connectivity index (χ0n) is 16.3. The molecule has 0 aliphatic heterocycles. The smallest absolute Gasteiger partial charge is 0.216 e. The number of hydrogen-bond donors (Lipinski definition) is 0. The zero-order chi connectivity index (χ0) is 18.7. The van der Waals surface area contributed by atoms with E-state index in [0.717, 1.165) is 62.9 Å². The molecule has 0 aromatic carbocycles. The van der Waals surface area contributed by atoms with Crippen LogP contribution in [-0.2, 0) is 16.3 Å². The van der Waals surface area contributed by atoms with Crippen molar-refractivity contribution in [2.24, 2.45) is 0 Å². The van der Waals surface area contributed by atoms with Gasteiger partial charge < -0.3 is 4.74 Å². The lowest BCUT2D eigenvalue weighted by Gasteiger charge is -2.08. The van der Waals surface area contributed by atoms with Gasteiger partial charge in [-0.15, -0.1) is 0 Å². The SMILES string of the molecule is CCCCOc1cc(C)nc(CCCCCCCS(=O)(=O)C(C)C)n1. The van der Waals surface area contributed by atoms with Crippen LogP contribution in [0.4, 0.5) is 0 Å². The first-order valence-electron chi connectivity index (χ1n) is 9.54. The number of sulfone groups is 1. The largest absolute Gasteiger partial charge is 0.478 e. The van der Waals surface area contributed by atoms with E-state index >= 15 is 0 Å². The van der Waals surface area contributed by atoms with E-state index in [4.69, 9.17) is 4.74 Å². The Kier molecular flexibility index (Phi) is 10.0. The number of hydrogen-bond acceptors (Lipinski definition) is 5. The Hall–Kier alpha value is -1.17. The van der Waals surface area contributed by atoms with Gasteiger partial charge in [-0.1, -0.05) is 32.6 Å². The first-order valence-corrected chi connectivity index (χ1v) is 11.3. The fraction of sp³-hybridized carbons (Fsp3) is 0.789. The van der Waals surface area contributed by atoms with E-state index in [9.17, 15) is 8.42 Å². The van der Waals surface area contributed by atoms with E-state index in [1.807, 2.05) is 13.0 Å². The second-order valence-electron chi connectivity index (χ2n) is 6.90. The molecular weight excluding hydrogens is 336 g/mol. The third-order valence-electron chi connectivity index (χ3n) is 4.17. The normalized spacial score (nSPS) is 11.9. The van der Waals surface area contributed by atoms with Crippen molar-refractivity contribution < 1.29 is 13.2 Å². The van der Waals surface area contributed by atoms with E-state index in [2.05, 4.69) is 16.9 Å². The molecule has 1 rings (SSSR count). The molecule has 144 valence electrons. The summed E-state index contributed by atoms with van der Waals surface area (Å²) in [6.45, 7) is 8.30. The first kappa shape index (κ1) is 21.9. The summed E-state index contributed by atoms with van der Waals surface area (Å²) in [6.07, 6.45) is 7.86. The Labute approximate surface area is 153 Å². The molecule has 6 heteroatoms. The fourth-order valence-corrected chi connectivity index (χ4v) is 3.54. The van der Waals surface area contributed by atoms with Crippen LogP contribution < -0.4 is 4.74 Å². The molecule has 1 heterocycles. The van der Waals surface area contributed by atoms with Crippen molar-refractivity contribution in [3.05, 3.63) is 17.6 Å². The molecule has 25 heavy (non-hydrogen) atoms. The van der Waals surface area contributed by atoms with Gasteiger partial charge in [0.15, 0.2) is 9.84 Å². The average molecular weight is 371 g/mol. The fourth-order valence-electron chi connectivity index (χ4n) is 2.46. The van der Waals surface area contributed by atoms with Crippen LogP contribution in [0, 0.1) is 6.92 Å². The maximum absolute atomic E-state index is 11.7. The number of aromatic nitrogens is 2. The van der Waals surface area contributed by atoms with Crippen LogP contribution >= 0.6 is 0 Å². The van der Waals surface area contributed by atoms with Crippen molar-refractivity contribution in [2.75, 3.05) is 12.4 Å². The standard InChI is InChI=1S/C19H34N2O3S/c1-5-6-13-24-19-15-17(4)20-18(21-19)12-10-8-7-9-11-14-25(22,23)16(2)3/h15-16H,5-14H2,1-4H3. The van der Waals surface area contributed by atoms with Crippen molar-refractivity contribution >= 4 is 9.84 Å². The molecule has 0 aliphatic carbocycles. The summed E-state index contributed by atoms with van der Waals surface area (Å²) >= 11 is 0. The van der Waals surface area contributed by atoms with Crippen molar-refractivity contribution in [3.63, 3.8) is 0 Å². The molecule has 0 saturated carbocycles. The summed E-state index contributed by atoms with van der Waals surface area (Å²) in [6, 6.07) is 1.88. The molecule has 0 fully saturated rings. The van der Waals surface area contributed by atoms with Gasteiger partial charge in [0.05, 0.1) is 17.6 Å². The molecule has 0 N–H and O–H groups in total. The second kappa shape index (κ2) is 11.4. The van der Waals surface area contributed by atoms with Crippen LogP contribution in [0.5, 0.6) is 5.88 Å². The van der Waals surface area contributed by atoms with Gasteiger partial charge in [-0.3, -0.25) is 0 Å². The highest BCUT2D eigenvalue weighted by Gasteiger charge is 2.14. The Balaban J connectivity index is 2.25. The number of aryl methyl sites for hydroxylation is 2. The lowest BCUT2D eigenvalue weighted by molar-refractivity contribution is 0.295. The van der Waals surface area contributed by atoms with E-state index in [1.54, 1.807) is 13.8 Å². The van der Waals surface area contributed by atoms with Crippen LogP contribution in [0.3, 0.4) is 0 Å². The van der Waals surface area contributed by atoms with Crippen molar-refractivity contribution in [3.8, 4) is 5.88 Å². The topological polar surface area (TPSA) is 69.2 Å². The van der Waals surface area contributed by atoms with Gasteiger partial charge in [0, 0.05) is 18.2 Å². The molecule has 0 saturated heterocycles. The Morgan fingerprint density at radius 3 is 2.40 bits per heavy atom. The molecule has 0 radical (unpaired) electrons. The van der Waals surface area contributed by atoms with Gasteiger partial charge in [-0.2, -0.15) is 4.98 Å². The second-order valence-corrected chi connectivity index (χ2v) is 9.58. The van der Waals surface area contributed by atoms with Crippen LogP contribution in [0.1, 0.15) is 77.2 Å². The van der Waals surface area contributed by atoms with Gasteiger partial charge in [0.25, 0.3) is 0 Å². The molecule has 0 aliphatic rings. The van der Waals surface area contributed by atoms with Crippen LogP contribution in [0.25, 0.3) is 0 Å². The van der Waals surface area contributed by atoms with Crippen LogP contribution in [0.2, 0.25) is 0 Å². The van der Waals surface area contributed by atoms with Crippen molar-refractivity contribution in [1.82, 2.24) is 9.97 Å². The summed E-state index contributed by atoms with van der Waals surface area (Å²) < 4.78 is 29.1. The molecule has 0 bridgehead atoms. The van der Waals surface area contributed by atoms with E-state index in [0.29, 0.717) is 18.2 Å². The number of rotatable bonds is 13. The van der Waals surface area contributed by atoms with Gasteiger partial charge in [-0.25, -0.2) is 13.4 Å². The van der Waals surface area contributed by atoms with Crippen LogP contribution in [-0.4, -0.2) is 36.0 Å². The highest BCUT2D eigenvalue weighted by Crippen LogP contribution is 2.13. The summed E-state index contributed by atoms with van der Waals surface area (Å²) in [5, 5.41) is -0.264. The maximum Gasteiger partial charge on any atom is 0.216 e. The average Bonchev–Trinajstić information content (AvgIpc) is 2.53. The Morgan fingerprint density at radius 1 is 1.04 bits per heavy atom. The van der Waals surface area contributed by atoms with Crippen molar-refractivity contribution in [1.29, 1.82) is 0 Å². The van der Waals surface area contributed by atoms with Crippen LogP contribution in [0.15, 0.2) is 6.07 Å². The minimum atomic E-state index is -2.89. The van der Waals surface area contributed by atoms with Gasteiger partial charge in [0.2, 0.25) is 5.88 Å². The van der Waals surface area contributed by atoms with Gasteiger partial charge in [0.1, 0.15) is 5.82 Å². The molecule has 1 aromatic rings. The molecule has 1 aromatic heterocycles. The highest BCUT2D eigenvalue weighted by atomic mass is 32.2. The molecule has 0 atom stereocenters. The molecule has 5 nitrogen and oxygen atoms in total. The summed E-state index contributed by atoms with van der Waals surface area (Å²) in [4.78, 5) is 8.96. The van der Waals surface area contributed by atoms with E-state index in [1.165, 1.54) is 0 Å². The lowest BCUT2D eigenvalue weighted by atomic mass is 10.1. The predicted molar refractivity (Wildman–Crippen MR) is 103 cm³/mol. The van der Waals surface area contributed by atoms with E-state index < -0.39 is 9.84 Å². The third-order valence-corrected chi connectivity index (χ3v) is 6.47. The summed E-state index contributed by atoms with van der Waals surface area (Å²) in [7, 11) is -2.89. The maximum atomic E-state index is 11.7. The van der Waals surface area contributed by atoms with Gasteiger partial charge >= 0.3 is 0 Å². The Bertz CT molecular complexity index is 601. The Morgan fingerprint density at radius 2 is 1.72 bits per heavy atom. The number of nitrogens with zero attached hydrogens (tertiary/aromatic N) is 2. The number of ether oxygens (including phenoxy) is 1. The molecule has 0 spiro atoms. The highest BCUT2D eigenvalue weighted by molar-refractivity contribution is 7.91. The molecular formula is C19H34N2O3S. The minimum Gasteiger partial charge on any atom is -0.478 e.